The van der Waals surface area contributed by atoms with E-state index >= 15 is 0 Å². The second kappa shape index (κ2) is 9.68. The van der Waals surface area contributed by atoms with Gasteiger partial charge in [0.1, 0.15) is 0 Å². The first kappa shape index (κ1) is 19.6. The molecule has 1 unspecified atom stereocenters. The maximum atomic E-state index is 12.4. The number of nitrogens with zero attached hydrogens (tertiary/aromatic N) is 2. The van der Waals surface area contributed by atoms with Crippen molar-refractivity contribution in [2.75, 3.05) is 19.6 Å². The van der Waals surface area contributed by atoms with Crippen LogP contribution in [0.1, 0.15) is 31.0 Å². The molecule has 2 rings (SSSR count). The van der Waals surface area contributed by atoms with Gasteiger partial charge in [-0.05, 0) is 18.7 Å². The second-order valence-electron chi connectivity index (χ2n) is 6.01. The van der Waals surface area contributed by atoms with Crippen molar-refractivity contribution in [3.63, 3.8) is 0 Å². The Morgan fingerprint density at radius 2 is 1.69 bits per heavy atom. The van der Waals surface area contributed by atoms with E-state index in [0.29, 0.717) is 12.1 Å². The number of likely N-dealkylation sites (N-methyl/N-ethyl adjacent to an activating group) is 1. The molecule has 1 atom stereocenters. The number of nitrogens with one attached hydrogen (secondary N) is 1. The number of hydrogen-bond donors (Lipinski definition) is 1. The van der Waals surface area contributed by atoms with Crippen molar-refractivity contribution in [3.8, 4) is 0 Å². The van der Waals surface area contributed by atoms with Crippen molar-refractivity contribution >= 4 is 11.6 Å². The summed E-state index contributed by atoms with van der Waals surface area (Å²) < 4.78 is 0. The summed E-state index contributed by atoms with van der Waals surface area (Å²) >= 11 is 0. The summed E-state index contributed by atoms with van der Waals surface area (Å²) in [5, 5.41) is 14.0. The third-order valence-corrected chi connectivity index (χ3v) is 4.47. The van der Waals surface area contributed by atoms with Crippen LogP contribution in [0.15, 0.2) is 54.6 Å². The lowest BCUT2D eigenvalue weighted by Gasteiger charge is -2.30. The smallest absolute Gasteiger partial charge is 0.273 e. The molecule has 0 bridgehead atoms. The van der Waals surface area contributed by atoms with E-state index in [1.165, 1.54) is 6.07 Å². The van der Waals surface area contributed by atoms with Crippen molar-refractivity contribution in [3.05, 3.63) is 75.8 Å². The molecule has 0 aliphatic carbocycles. The summed E-state index contributed by atoms with van der Waals surface area (Å²) in [5.41, 5.74) is 1.54. The fourth-order valence-electron chi connectivity index (χ4n) is 3.08. The minimum Gasteiger partial charge on any atom is -0.354 e. The zero-order valence-electron chi connectivity index (χ0n) is 15.2. The Kier molecular flexibility index (Phi) is 7.29. The number of hydrogen-bond acceptors (Lipinski definition) is 4. The average Bonchev–Trinajstić information content (AvgIpc) is 2.66. The largest absolute Gasteiger partial charge is 0.354 e. The Balaban J connectivity index is 2.07. The fraction of sp³-hybridized carbons (Fsp3) is 0.350. The van der Waals surface area contributed by atoms with Gasteiger partial charge in [0.15, 0.2) is 0 Å². The normalized spacial score (nSPS) is 12.0. The summed E-state index contributed by atoms with van der Waals surface area (Å²) in [6.45, 7) is 6.39. The summed E-state index contributed by atoms with van der Waals surface area (Å²) in [7, 11) is 0. The van der Waals surface area contributed by atoms with Gasteiger partial charge in [0, 0.05) is 18.2 Å². The number of para-hydroxylation sites is 1. The highest BCUT2D eigenvalue weighted by molar-refractivity contribution is 5.79. The standard InChI is InChI=1S/C20H25N3O3/c1-3-22(4-2)19(16-10-6-5-7-11-16)15-21-20(24)14-17-12-8-9-13-18(17)23(25)26/h5-13,19H,3-4,14-15H2,1-2H3,(H,21,24). The van der Waals surface area contributed by atoms with Crippen LogP contribution in [0, 0.1) is 10.1 Å². The van der Waals surface area contributed by atoms with Crippen LogP contribution in [0.2, 0.25) is 0 Å². The van der Waals surface area contributed by atoms with Gasteiger partial charge >= 0.3 is 0 Å². The number of carbonyl (C=O) groups excluding carboxylic acids is 1. The van der Waals surface area contributed by atoms with E-state index in [1.807, 2.05) is 18.2 Å². The fourth-order valence-corrected chi connectivity index (χ4v) is 3.08. The van der Waals surface area contributed by atoms with Crippen molar-refractivity contribution in [1.82, 2.24) is 10.2 Å². The number of nitro benzene ring substituents is 1. The number of carbonyl (C=O) groups is 1. The first-order valence-corrected chi connectivity index (χ1v) is 8.84. The van der Waals surface area contributed by atoms with Crippen LogP contribution in [0.4, 0.5) is 5.69 Å². The lowest BCUT2D eigenvalue weighted by Crippen LogP contribution is -2.38. The maximum Gasteiger partial charge on any atom is 0.273 e. The van der Waals surface area contributed by atoms with Crippen LogP contribution < -0.4 is 5.32 Å². The predicted octanol–water partition coefficient (Wildman–Crippen LogP) is 3.34. The van der Waals surface area contributed by atoms with Gasteiger partial charge in [0.2, 0.25) is 5.91 Å². The Morgan fingerprint density at radius 3 is 2.31 bits per heavy atom. The summed E-state index contributed by atoms with van der Waals surface area (Å²) in [5.74, 6) is -0.215. The lowest BCUT2D eigenvalue weighted by molar-refractivity contribution is -0.385. The topological polar surface area (TPSA) is 75.5 Å². The van der Waals surface area contributed by atoms with Crippen molar-refractivity contribution in [2.45, 2.75) is 26.3 Å². The zero-order chi connectivity index (χ0) is 18.9. The minimum atomic E-state index is -0.453. The molecule has 0 saturated heterocycles. The third kappa shape index (κ3) is 5.13. The van der Waals surface area contributed by atoms with Crippen LogP contribution in [-0.4, -0.2) is 35.4 Å². The highest BCUT2D eigenvalue weighted by Gasteiger charge is 2.20. The van der Waals surface area contributed by atoms with E-state index < -0.39 is 4.92 Å². The number of rotatable bonds is 9. The molecule has 0 fully saturated rings. The first-order valence-electron chi connectivity index (χ1n) is 8.84. The van der Waals surface area contributed by atoms with E-state index in [4.69, 9.17) is 0 Å². The van der Waals surface area contributed by atoms with Gasteiger partial charge in [0.25, 0.3) is 5.69 Å². The SMILES string of the molecule is CCN(CC)C(CNC(=O)Cc1ccccc1[N+](=O)[O-])c1ccccc1. The molecule has 1 N–H and O–H groups in total. The van der Waals surface area contributed by atoms with E-state index in [1.54, 1.807) is 18.2 Å². The summed E-state index contributed by atoms with van der Waals surface area (Å²) in [6.07, 6.45) is -0.00306. The van der Waals surface area contributed by atoms with Gasteiger partial charge in [0.05, 0.1) is 17.4 Å². The second-order valence-corrected chi connectivity index (χ2v) is 6.01. The zero-order valence-corrected chi connectivity index (χ0v) is 15.2. The predicted molar refractivity (Wildman–Crippen MR) is 102 cm³/mol. The minimum absolute atomic E-state index is 0.00306. The monoisotopic (exact) mass is 355 g/mol. The summed E-state index contributed by atoms with van der Waals surface area (Å²) in [6, 6.07) is 16.5. The molecule has 0 saturated carbocycles. The van der Waals surface area contributed by atoms with Crippen molar-refractivity contribution < 1.29 is 9.72 Å². The Hall–Kier alpha value is -2.73. The molecule has 0 aromatic heterocycles. The van der Waals surface area contributed by atoms with E-state index in [2.05, 4.69) is 36.2 Å². The van der Waals surface area contributed by atoms with Gasteiger partial charge in [-0.2, -0.15) is 0 Å². The average molecular weight is 355 g/mol. The lowest BCUT2D eigenvalue weighted by atomic mass is 10.0. The van der Waals surface area contributed by atoms with E-state index in [9.17, 15) is 14.9 Å². The van der Waals surface area contributed by atoms with Crippen molar-refractivity contribution in [2.24, 2.45) is 0 Å². The molecule has 2 aromatic rings. The molecule has 6 nitrogen and oxygen atoms in total. The Labute approximate surface area is 154 Å². The van der Waals surface area contributed by atoms with Gasteiger partial charge < -0.3 is 5.32 Å². The van der Waals surface area contributed by atoms with Gasteiger partial charge in [-0.15, -0.1) is 0 Å². The molecule has 1 amide bonds. The molecule has 0 radical (unpaired) electrons. The number of amides is 1. The van der Waals surface area contributed by atoms with E-state index in [0.717, 1.165) is 18.7 Å². The van der Waals surface area contributed by atoms with Crippen LogP contribution in [0.3, 0.4) is 0 Å². The quantitative estimate of drug-likeness (QED) is 0.553. The first-order chi connectivity index (χ1) is 12.6. The molecule has 26 heavy (non-hydrogen) atoms. The van der Waals surface area contributed by atoms with Crippen LogP contribution in [0.25, 0.3) is 0 Å². The molecule has 0 spiro atoms. The number of nitro groups is 1. The van der Waals surface area contributed by atoms with Gasteiger partial charge in [-0.3, -0.25) is 19.8 Å². The molecule has 2 aromatic carbocycles. The molecule has 0 heterocycles. The molecule has 0 aliphatic heterocycles. The molecular formula is C20H25N3O3. The Bertz CT molecular complexity index is 730. The van der Waals surface area contributed by atoms with Gasteiger partial charge in [-0.1, -0.05) is 62.4 Å². The highest BCUT2D eigenvalue weighted by atomic mass is 16.6. The molecular weight excluding hydrogens is 330 g/mol. The van der Waals surface area contributed by atoms with Crippen LogP contribution in [0.5, 0.6) is 0 Å². The van der Waals surface area contributed by atoms with Crippen molar-refractivity contribution in [1.29, 1.82) is 0 Å². The Morgan fingerprint density at radius 1 is 1.08 bits per heavy atom. The van der Waals surface area contributed by atoms with Gasteiger partial charge in [-0.25, -0.2) is 0 Å². The number of benzene rings is 2. The van der Waals surface area contributed by atoms with E-state index in [-0.39, 0.29) is 24.1 Å². The van der Waals surface area contributed by atoms with Crippen LogP contribution >= 0.6 is 0 Å². The van der Waals surface area contributed by atoms with Crippen LogP contribution in [-0.2, 0) is 11.2 Å². The molecule has 0 aliphatic rings. The maximum absolute atomic E-state index is 12.4. The summed E-state index contributed by atoms with van der Waals surface area (Å²) in [4.78, 5) is 25.3. The molecule has 138 valence electrons. The third-order valence-electron chi connectivity index (χ3n) is 4.47. The molecule has 6 heteroatoms. The highest BCUT2D eigenvalue weighted by Crippen LogP contribution is 2.20.